The van der Waals surface area contributed by atoms with Gasteiger partial charge in [-0.05, 0) is 13.3 Å². The smallest absolute Gasteiger partial charge is 0.00104 e. The molecule has 0 aliphatic rings. The van der Waals surface area contributed by atoms with Crippen molar-refractivity contribution in [3.8, 4) is 0 Å². The lowest BCUT2D eigenvalue weighted by Gasteiger charge is -2.04. The van der Waals surface area contributed by atoms with E-state index in [-0.39, 0.29) is 0 Å². The Balaban J connectivity index is 2.89. The summed E-state index contributed by atoms with van der Waals surface area (Å²) in [4.78, 5) is 0. The normalized spacial score (nSPS) is 12.9. The molecule has 0 fully saturated rings. The lowest BCUT2D eigenvalue weighted by Crippen LogP contribution is -2.13. The highest BCUT2D eigenvalue weighted by Gasteiger charge is 1.95. The van der Waals surface area contributed by atoms with Crippen LogP contribution in [0.5, 0.6) is 0 Å². The van der Waals surface area contributed by atoms with Gasteiger partial charge in [0.1, 0.15) is 0 Å². The Labute approximate surface area is 110 Å². The van der Waals surface area contributed by atoms with Gasteiger partial charge in [-0.2, -0.15) is 0 Å². The molecule has 0 rings (SSSR count). The van der Waals surface area contributed by atoms with E-state index in [1.54, 1.807) is 0 Å². The molecule has 17 heavy (non-hydrogen) atoms. The molecule has 104 valence electrons. The Kier molecular flexibility index (Phi) is 14.0. The van der Waals surface area contributed by atoms with Crippen molar-refractivity contribution < 1.29 is 0 Å². The van der Waals surface area contributed by atoms with Crippen molar-refractivity contribution in [2.24, 2.45) is 5.73 Å². The Morgan fingerprint density at radius 1 is 0.647 bits per heavy atom. The topological polar surface area (TPSA) is 26.0 Å². The number of unbranched alkanes of at least 4 members (excludes halogenated alkanes) is 11. The minimum absolute atomic E-state index is 0.401. The summed E-state index contributed by atoms with van der Waals surface area (Å²) < 4.78 is 0. The Morgan fingerprint density at radius 3 is 1.35 bits per heavy atom. The van der Waals surface area contributed by atoms with Crippen molar-refractivity contribution in [1.82, 2.24) is 0 Å². The third-order valence-electron chi connectivity index (χ3n) is 3.51. The van der Waals surface area contributed by atoms with Crippen LogP contribution in [0.2, 0.25) is 0 Å². The molecule has 0 spiro atoms. The molecule has 0 aromatic carbocycles. The van der Waals surface area contributed by atoms with E-state index in [0.29, 0.717) is 6.04 Å². The second-order valence-electron chi connectivity index (χ2n) is 5.66. The van der Waals surface area contributed by atoms with Crippen LogP contribution in [-0.2, 0) is 0 Å². The van der Waals surface area contributed by atoms with Crippen LogP contribution in [0, 0.1) is 0 Å². The molecule has 0 saturated carbocycles. The van der Waals surface area contributed by atoms with Crippen LogP contribution in [0.4, 0.5) is 0 Å². The summed E-state index contributed by atoms with van der Waals surface area (Å²) in [7, 11) is 0. The first-order valence-electron chi connectivity index (χ1n) is 8.03. The largest absolute Gasteiger partial charge is 0.328 e. The first-order valence-corrected chi connectivity index (χ1v) is 8.03. The van der Waals surface area contributed by atoms with Gasteiger partial charge in [-0.3, -0.25) is 0 Å². The van der Waals surface area contributed by atoms with E-state index >= 15 is 0 Å². The summed E-state index contributed by atoms with van der Waals surface area (Å²) >= 11 is 0. The molecule has 1 atom stereocenters. The summed E-state index contributed by atoms with van der Waals surface area (Å²) in [5.74, 6) is 0. The van der Waals surface area contributed by atoms with Crippen LogP contribution in [0.25, 0.3) is 0 Å². The molecule has 0 aliphatic heterocycles. The van der Waals surface area contributed by atoms with Crippen LogP contribution < -0.4 is 5.73 Å². The standard InChI is InChI=1S/C16H35N/c1-3-4-5-6-7-8-9-10-11-12-13-14-15-16(2)17/h16H,3-15,17H2,1-2H3/t16-/m0/s1. The van der Waals surface area contributed by atoms with Gasteiger partial charge in [-0.1, -0.05) is 84.0 Å². The Hall–Kier alpha value is -0.0400. The first-order chi connectivity index (χ1) is 8.27. The molecule has 0 heterocycles. The monoisotopic (exact) mass is 241 g/mol. The van der Waals surface area contributed by atoms with Crippen molar-refractivity contribution in [3.63, 3.8) is 0 Å². The molecule has 0 unspecified atom stereocenters. The molecule has 0 aliphatic carbocycles. The molecule has 0 saturated heterocycles. The van der Waals surface area contributed by atoms with Crippen LogP contribution in [0.1, 0.15) is 97.3 Å². The molecule has 0 amide bonds. The van der Waals surface area contributed by atoms with Gasteiger partial charge in [0.05, 0.1) is 0 Å². The van der Waals surface area contributed by atoms with Crippen LogP contribution in [0.3, 0.4) is 0 Å². The van der Waals surface area contributed by atoms with E-state index in [2.05, 4.69) is 13.8 Å². The third-order valence-corrected chi connectivity index (χ3v) is 3.51. The van der Waals surface area contributed by atoms with Gasteiger partial charge in [-0.15, -0.1) is 0 Å². The molecule has 1 heteroatoms. The molecule has 2 N–H and O–H groups in total. The van der Waals surface area contributed by atoms with E-state index in [1.807, 2.05) is 0 Å². The van der Waals surface area contributed by atoms with E-state index in [9.17, 15) is 0 Å². The van der Waals surface area contributed by atoms with Crippen LogP contribution in [-0.4, -0.2) is 6.04 Å². The third kappa shape index (κ3) is 16.0. The fraction of sp³-hybridized carbons (Fsp3) is 1.00. The van der Waals surface area contributed by atoms with Gasteiger partial charge < -0.3 is 5.73 Å². The number of nitrogens with two attached hydrogens (primary N) is 1. The Bertz CT molecular complexity index is 131. The van der Waals surface area contributed by atoms with Crippen molar-refractivity contribution in [2.45, 2.75) is 103 Å². The van der Waals surface area contributed by atoms with Crippen LogP contribution in [0.15, 0.2) is 0 Å². The van der Waals surface area contributed by atoms with Gasteiger partial charge in [0.2, 0.25) is 0 Å². The highest BCUT2D eigenvalue weighted by Crippen LogP contribution is 2.12. The second-order valence-corrected chi connectivity index (χ2v) is 5.66. The van der Waals surface area contributed by atoms with E-state index in [4.69, 9.17) is 5.73 Å². The molecule has 0 radical (unpaired) electrons. The van der Waals surface area contributed by atoms with E-state index < -0.39 is 0 Å². The predicted octanol–water partition coefficient (Wildman–Crippen LogP) is 5.42. The van der Waals surface area contributed by atoms with Gasteiger partial charge in [0.15, 0.2) is 0 Å². The first kappa shape index (κ1) is 17.0. The number of hydrogen-bond donors (Lipinski definition) is 1. The van der Waals surface area contributed by atoms with Crippen molar-refractivity contribution >= 4 is 0 Å². The van der Waals surface area contributed by atoms with Gasteiger partial charge >= 0.3 is 0 Å². The summed E-state index contributed by atoms with van der Waals surface area (Å²) in [6.45, 7) is 4.39. The maximum Gasteiger partial charge on any atom is 0.00104 e. The van der Waals surface area contributed by atoms with Gasteiger partial charge in [0.25, 0.3) is 0 Å². The van der Waals surface area contributed by atoms with Crippen LogP contribution >= 0.6 is 0 Å². The fourth-order valence-corrected chi connectivity index (χ4v) is 2.31. The summed E-state index contributed by atoms with van der Waals surface area (Å²) in [6.07, 6.45) is 18.3. The molecule has 0 bridgehead atoms. The molecule has 0 aromatic heterocycles. The molecular formula is C16H35N. The quantitative estimate of drug-likeness (QED) is 0.428. The lowest BCUT2D eigenvalue weighted by atomic mass is 10.0. The zero-order valence-electron chi connectivity index (χ0n) is 12.3. The minimum atomic E-state index is 0.401. The fourth-order valence-electron chi connectivity index (χ4n) is 2.31. The molecular weight excluding hydrogens is 206 g/mol. The van der Waals surface area contributed by atoms with E-state index in [1.165, 1.54) is 83.5 Å². The maximum absolute atomic E-state index is 5.72. The van der Waals surface area contributed by atoms with Gasteiger partial charge in [-0.25, -0.2) is 0 Å². The zero-order chi connectivity index (χ0) is 12.8. The van der Waals surface area contributed by atoms with Gasteiger partial charge in [0, 0.05) is 6.04 Å². The average Bonchev–Trinajstić information content (AvgIpc) is 2.30. The van der Waals surface area contributed by atoms with Crippen molar-refractivity contribution in [1.29, 1.82) is 0 Å². The molecule has 0 aromatic rings. The zero-order valence-corrected chi connectivity index (χ0v) is 12.3. The maximum atomic E-state index is 5.72. The highest BCUT2D eigenvalue weighted by molar-refractivity contribution is 4.53. The average molecular weight is 241 g/mol. The lowest BCUT2D eigenvalue weighted by molar-refractivity contribution is 0.527. The Morgan fingerprint density at radius 2 is 1.00 bits per heavy atom. The highest BCUT2D eigenvalue weighted by atomic mass is 14.6. The second kappa shape index (κ2) is 14.0. The summed E-state index contributed by atoms with van der Waals surface area (Å²) in [5.41, 5.74) is 5.72. The predicted molar refractivity (Wildman–Crippen MR) is 79.3 cm³/mol. The summed E-state index contributed by atoms with van der Waals surface area (Å²) in [6, 6.07) is 0.401. The summed E-state index contributed by atoms with van der Waals surface area (Å²) in [5, 5.41) is 0. The molecule has 1 nitrogen and oxygen atoms in total. The number of rotatable bonds is 13. The van der Waals surface area contributed by atoms with E-state index in [0.717, 1.165) is 0 Å². The minimum Gasteiger partial charge on any atom is -0.328 e. The number of hydrogen-bond acceptors (Lipinski definition) is 1. The van der Waals surface area contributed by atoms with Crippen molar-refractivity contribution in [2.75, 3.05) is 0 Å². The van der Waals surface area contributed by atoms with Crippen molar-refractivity contribution in [3.05, 3.63) is 0 Å². The SMILES string of the molecule is CCCCCCCCCCCCCC[C@H](C)N.